The van der Waals surface area contributed by atoms with Gasteiger partial charge in [0.05, 0.1) is 11.4 Å². The Morgan fingerprint density at radius 3 is 2.67 bits per heavy atom. The standard InChI is InChI=1S/C12H19N3O2S/c1-8(18(3)17)7-15-11-5-4-9(6-10(11)13)12(16)14-2/h4-6,8,15H,7,13H2,1-3H3,(H,14,16). The van der Waals surface area contributed by atoms with Crippen molar-refractivity contribution in [2.45, 2.75) is 12.2 Å². The number of nitrogens with one attached hydrogen (secondary N) is 2. The molecule has 1 rings (SSSR count). The van der Waals surface area contributed by atoms with E-state index in [0.29, 0.717) is 17.8 Å². The molecule has 0 spiro atoms. The zero-order chi connectivity index (χ0) is 13.7. The lowest BCUT2D eigenvalue weighted by molar-refractivity contribution is 0.0963. The van der Waals surface area contributed by atoms with E-state index in [1.54, 1.807) is 31.5 Å². The molecule has 0 bridgehead atoms. The molecule has 0 aliphatic heterocycles. The maximum absolute atomic E-state index is 11.4. The number of benzene rings is 1. The Labute approximate surface area is 110 Å². The van der Waals surface area contributed by atoms with Crippen molar-refractivity contribution in [3.05, 3.63) is 23.8 Å². The molecule has 1 amide bonds. The summed E-state index contributed by atoms with van der Waals surface area (Å²) in [4.78, 5) is 11.4. The highest BCUT2D eigenvalue weighted by atomic mass is 32.2. The Bertz CT molecular complexity index is 463. The largest absolute Gasteiger partial charge is 0.397 e. The average molecular weight is 269 g/mol. The van der Waals surface area contributed by atoms with Crippen molar-refractivity contribution in [2.75, 3.05) is 30.9 Å². The van der Waals surface area contributed by atoms with Crippen LogP contribution in [0.5, 0.6) is 0 Å². The highest BCUT2D eigenvalue weighted by Crippen LogP contribution is 2.20. The fourth-order valence-corrected chi connectivity index (χ4v) is 1.70. The summed E-state index contributed by atoms with van der Waals surface area (Å²) < 4.78 is 11.2. The van der Waals surface area contributed by atoms with E-state index in [9.17, 15) is 9.00 Å². The smallest absolute Gasteiger partial charge is 0.251 e. The number of carbonyl (C=O) groups excluding carboxylic acids is 1. The topological polar surface area (TPSA) is 84.2 Å². The molecule has 5 nitrogen and oxygen atoms in total. The van der Waals surface area contributed by atoms with E-state index in [1.165, 1.54) is 0 Å². The van der Waals surface area contributed by atoms with Gasteiger partial charge in [-0.25, -0.2) is 0 Å². The van der Waals surface area contributed by atoms with Gasteiger partial charge in [-0.15, -0.1) is 0 Å². The molecule has 1 aromatic rings. The van der Waals surface area contributed by atoms with Gasteiger partial charge >= 0.3 is 0 Å². The predicted molar refractivity (Wildman–Crippen MR) is 76.3 cm³/mol. The Hall–Kier alpha value is -1.56. The molecule has 100 valence electrons. The van der Waals surface area contributed by atoms with Crippen molar-refractivity contribution in [3.8, 4) is 0 Å². The predicted octanol–water partition coefficient (Wildman–Crippen LogP) is 0.807. The SMILES string of the molecule is CNC(=O)c1ccc(NCC(C)S(C)=O)c(N)c1. The molecule has 0 aliphatic carbocycles. The van der Waals surface area contributed by atoms with E-state index in [-0.39, 0.29) is 11.2 Å². The molecule has 0 saturated carbocycles. The lowest BCUT2D eigenvalue weighted by atomic mass is 10.1. The molecular weight excluding hydrogens is 250 g/mol. The summed E-state index contributed by atoms with van der Waals surface area (Å²) in [5.41, 5.74) is 7.63. The summed E-state index contributed by atoms with van der Waals surface area (Å²) in [6, 6.07) is 5.07. The second-order valence-electron chi connectivity index (χ2n) is 4.07. The fourth-order valence-electron chi connectivity index (χ4n) is 1.38. The third kappa shape index (κ3) is 3.73. The quantitative estimate of drug-likeness (QED) is 0.691. The van der Waals surface area contributed by atoms with E-state index in [2.05, 4.69) is 10.6 Å². The van der Waals surface area contributed by atoms with Crippen molar-refractivity contribution in [2.24, 2.45) is 0 Å². The van der Waals surface area contributed by atoms with Crippen molar-refractivity contribution in [1.82, 2.24) is 5.32 Å². The number of rotatable bonds is 5. The molecule has 2 atom stereocenters. The highest BCUT2D eigenvalue weighted by Gasteiger charge is 2.09. The zero-order valence-corrected chi connectivity index (χ0v) is 11.6. The van der Waals surface area contributed by atoms with Crippen LogP contribution in [0.4, 0.5) is 11.4 Å². The fraction of sp³-hybridized carbons (Fsp3) is 0.417. The van der Waals surface area contributed by atoms with Gasteiger partial charge in [0.15, 0.2) is 0 Å². The second kappa shape index (κ2) is 6.39. The van der Waals surface area contributed by atoms with Crippen LogP contribution in [0.25, 0.3) is 0 Å². The van der Waals surface area contributed by atoms with Crippen LogP contribution in [-0.4, -0.2) is 35.2 Å². The van der Waals surface area contributed by atoms with E-state index in [4.69, 9.17) is 5.73 Å². The van der Waals surface area contributed by atoms with Gasteiger partial charge in [0.25, 0.3) is 5.91 Å². The molecule has 4 N–H and O–H groups in total. The molecule has 0 aromatic heterocycles. The Morgan fingerprint density at radius 2 is 2.17 bits per heavy atom. The van der Waals surface area contributed by atoms with E-state index in [1.807, 2.05) is 6.92 Å². The molecule has 18 heavy (non-hydrogen) atoms. The number of amides is 1. The third-order valence-electron chi connectivity index (χ3n) is 2.69. The van der Waals surface area contributed by atoms with Crippen molar-refractivity contribution < 1.29 is 9.00 Å². The van der Waals surface area contributed by atoms with E-state index in [0.717, 1.165) is 5.69 Å². The monoisotopic (exact) mass is 269 g/mol. The maximum atomic E-state index is 11.4. The summed E-state index contributed by atoms with van der Waals surface area (Å²) in [6.07, 6.45) is 1.67. The normalized spacial score (nSPS) is 13.7. The van der Waals surface area contributed by atoms with Gasteiger partial charge in [-0.1, -0.05) is 0 Å². The Balaban J connectivity index is 2.74. The molecule has 6 heteroatoms. The molecule has 0 aliphatic rings. The lowest BCUT2D eigenvalue weighted by Gasteiger charge is -2.13. The number of anilines is 2. The van der Waals surface area contributed by atoms with Crippen LogP contribution in [0, 0.1) is 0 Å². The summed E-state index contributed by atoms with van der Waals surface area (Å²) in [5.74, 6) is -0.170. The van der Waals surface area contributed by atoms with Crippen LogP contribution in [0.1, 0.15) is 17.3 Å². The number of nitrogens with two attached hydrogens (primary N) is 1. The minimum atomic E-state index is -0.871. The number of carbonyl (C=O) groups is 1. The molecular formula is C12H19N3O2S. The van der Waals surface area contributed by atoms with Crippen molar-refractivity contribution in [3.63, 3.8) is 0 Å². The minimum Gasteiger partial charge on any atom is -0.397 e. The van der Waals surface area contributed by atoms with Crippen molar-refractivity contribution in [1.29, 1.82) is 0 Å². The third-order valence-corrected chi connectivity index (χ3v) is 3.99. The van der Waals surface area contributed by atoms with Crippen LogP contribution in [0.15, 0.2) is 18.2 Å². The van der Waals surface area contributed by atoms with Gasteiger partial charge in [-0.05, 0) is 25.1 Å². The first-order valence-electron chi connectivity index (χ1n) is 5.63. The van der Waals surface area contributed by atoms with Gasteiger partial charge in [-0.3, -0.25) is 9.00 Å². The zero-order valence-electron chi connectivity index (χ0n) is 10.8. The lowest BCUT2D eigenvalue weighted by Crippen LogP contribution is -2.21. The second-order valence-corrected chi connectivity index (χ2v) is 5.87. The highest BCUT2D eigenvalue weighted by molar-refractivity contribution is 7.84. The first-order chi connectivity index (χ1) is 8.45. The van der Waals surface area contributed by atoms with Crippen LogP contribution in [0.3, 0.4) is 0 Å². The summed E-state index contributed by atoms with van der Waals surface area (Å²) >= 11 is 0. The number of hydrogen-bond acceptors (Lipinski definition) is 4. The van der Waals surface area contributed by atoms with Gasteiger partial charge in [0, 0.05) is 41.5 Å². The summed E-state index contributed by atoms with van der Waals surface area (Å²) in [6.45, 7) is 2.48. The first-order valence-corrected chi connectivity index (χ1v) is 7.25. The molecule has 0 fully saturated rings. The van der Waals surface area contributed by atoms with Crippen LogP contribution >= 0.6 is 0 Å². The summed E-state index contributed by atoms with van der Waals surface area (Å²) in [7, 11) is 0.701. The molecule has 0 saturated heterocycles. The van der Waals surface area contributed by atoms with Crippen LogP contribution in [-0.2, 0) is 10.8 Å². The molecule has 0 radical (unpaired) electrons. The first kappa shape index (κ1) is 14.5. The van der Waals surface area contributed by atoms with Gasteiger partial charge in [0.1, 0.15) is 0 Å². The molecule has 1 aromatic carbocycles. The van der Waals surface area contributed by atoms with E-state index < -0.39 is 10.8 Å². The number of hydrogen-bond donors (Lipinski definition) is 3. The number of nitrogen functional groups attached to an aromatic ring is 1. The van der Waals surface area contributed by atoms with Crippen LogP contribution < -0.4 is 16.4 Å². The van der Waals surface area contributed by atoms with Crippen LogP contribution in [0.2, 0.25) is 0 Å². The molecule has 2 unspecified atom stereocenters. The Kier molecular flexibility index (Phi) is 5.15. The minimum absolute atomic E-state index is 0.0445. The average Bonchev–Trinajstić information content (AvgIpc) is 2.35. The summed E-state index contributed by atoms with van der Waals surface area (Å²) in [5, 5.41) is 5.71. The van der Waals surface area contributed by atoms with Crippen molar-refractivity contribution >= 4 is 28.1 Å². The Morgan fingerprint density at radius 1 is 1.50 bits per heavy atom. The maximum Gasteiger partial charge on any atom is 0.251 e. The van der Waals surface area contributed by atoms with Gasteiger partial charge in [-0.2, -0.15) is 0 Å². The van der Waals surface area contributed by atoms with Gasteiger partial charge < -0.3 is 16.4 Å². The molecule has 0 heterocycles. The van der Waals surface area contributed by atoms with Gasteiger partial charge in [0.2, 0.25) is 0 Å². The van der Waals surface area contributed by atoms with E-state index >= 15 is 0 Å².